The monoisotopic (exact) mass is 240 g/mol. The minimum atomic E-state index is -0.785. The van der Waals surface area contributed by atoms with Gasteiger partial charge in [0.2, 0.25) is 5.91 Å². The largest absolute Gasteiger partial charge is 0.481 e. The lowest BCUT2D eigenvalue weighted by Gasteiger charge is -2.37. The van der Waals surface area contributed by atoms with Gasteiger partial charge in [0.25, 0.3) is 0 Å². The van der Waals surface area contributed by atoms with E-state index in [1.165, 1.54) is 0 Å². The van der Waals surface area contributed by atoms with Crippen molar-refractivity contribution in [2.75, 3.05) is 6.54 Å². The first kappa shape index (κ1) is 12.4. The number of carboxylic acid groups (broad SMARTS) is 1. The Bertz CT molecular complexity index is 326. The van der Waals surface area contributed by atoms with E-state index in [1.807, 2.05) is 0 Å². The summed E-state index contributed by atoms with van der Waals surface area (Å²) in [6, 6.07) is 0.128. The number of nitrogens with two attached hydrogens (primary N) is 1. The predicted octanol–water partition coefficient (Wildman–Crippen LogP) is 0.485. The van der Waals surface area contributed by atoms with Crippen LogP contribution in [0.2, 0.25) is 0 Å². The number of rotatable bonds is 4. The molecule has 1 amide bonds. The van der Waals surface area contributed by atoms with Crippen LogP contribution in [-0.4, -0.2) is 29.6 Å². The molecule has 0 radical (unpaired) electrons. The minimum absolute atomic E-state index is 0.0177. The molecule has 0 aromatic carbocycles. The molecule has 0 bridgehead atoms. The highest BCUT2D eigenvalue weighted by Gasteiger charge is 2.44. The van der Waals surface area contributed by atoms with Crippen molar-refractivity contribution in [1.29, 1.82) is 0 Å². The van der Waals surface area contributed by atoms with Gasteiger partial charge < -0.3 is 16.2 Å². The molecule has 2 saturated carbocycles. The summed E-state index contributed by atoms with van der Waals surface area (Å²) in [6.07, 6.45) is 4.73. The Labute approximate surface area is 101 Å². The second-order valence-corrected chi connectivity index (χ2v) is 5.43. The summed E-state index contributed by atoms with van der Waals surface area (Å²) in [7, 11) is 0. The predicted molar refractivity (Wildman–Crippen MR) is 62.2 cm³/mol. The lowest BCUT2D eigenvalue weighted by Crippen LogP contribution is -2.48. The van der Waals surface area contributed by atoms with Crippen LogP contribution >= 0.6 is 0 Å². The van der Waals surface area contributed by atoms with Crippen LogP contribution < -0.4 is 11.1 Å². The fraction of sp³-hybridized carbons (Fsp3) is 0.833. The standard InChI is InChI=1S/C12H20N2O3/c13-9-3-2-8(6-9)10(15)14-7-12(11(16)17)4-1-5-12/h8-9H,1-7,13H2,(H,14,15)(H,16,17). The SMILES string of the molecule is NC1CCC(C(=O)NCC2(C(=O)O)CCC2)C1. The summed E-state index contributed by atoms with van der Waals surface area (Å²) in [5.74, 6) is -0.825. The lowest BCUT2D eigenvalue weighted by molar-refractivity contribution is -0.154. The zero-order valence-corrected chi connectivity index (χ0v) is 9.95. The van der Waals surface area contributed by atoms with Crippen molar-refractivity contribution in [3.8, 4) is 0 Å². The van der Waals surface area contributed by atoms with Crippen LogP contribution in [0.1, 0.15) is 38.5 Å². The number of carboxylic acids is 1. The average molecular weight is 240 g/mol. The highest BCUT2D eigenvalue weighted by Crippen LogP contribution is 2.40. The van der Waals surface area contributed by atoms with Crippen molar-refractivity contribution in [2.24, 2.45) is 17.1 Å². The van der Waals surface area contributed by atoms with E-state index in [4.69, 9.17) is 10.8 Å². The van der Waals surface area contributed by atoms with Crippen molar-refractivity contribution in [3.05, 3.63) is 0 Å². The molecule has 2 aliphatic rings. The first-order valence-electron chi connectivity index (χ1n) is 6.30. The van der Waals surface area contributed by atoms with Crippen LogP contribution in [0, 0.1) is 11.3 Å². The normalized spacial score (nSPS) is 30.6. The van der Waals surface area contributed by atoms with E-state index in [1.54, 1.807) is 0 Å². The Balaban J connectivity index is 1.81. The second kappa shape index (κ2) is 4.64. The van der Waals surface area contributed by atoms with Crippen molar-refractivity contribution in [2.45, 2.75) is 44.6 Å². The molecule has 2 rings (SSSR count). The zero-order valence-electron chi connectivity index (χ0n) is 9.95. The maximum Gasteiger partial charge on any atom is 0.311 e. The number of hydrogen-bond acceptors (Lipinski definition) is 3. The fourth-order valence-corrected chi connectivity index (χ4v) is 2.73. The van der Waals surface area contributed by atoms with Gasteiger partial charge in [-0.15, -0.1) is 0 Å². The lowest BCUT2D eigenvalue weighted by atomic mass is 9.68. The molecule has 0 aliphatic heterocycles. The molecule has 0 heterocycles. The quantitative estimate of drug-likeness (QED) is 0.666. The van der Waals surface area contributed by atoms with E-state index in [0.717, 1.165) is 25.7 Å². The average Bonchev–Trinajstić information content (AvgIpc) is 2.62. The molecule has 96 valence electrons. The van der Waals surface area contributed by atoms with Crippen LogP contribution in [0.15, 0.2) is 0 Å². The Morgan fingerprint density at radius 3 is 2.47 bits per heavy atom. The molecule has 0 saturated heterocycles. The highest BCUT2D eigenvalue weighted by atomic mass is 16.4. The van der Waals surface area contributed by atoms with E-state index in [-0.39, 0.29) is 24.4 Å². The third-order valence-corrected chi connectivity index (χ3v) is 4.21. The first-order valence-corrected chi connectivity index (χ1v) is 6.30. The molecule has 2 unspecified atom stereocenters. The van der Waals surface area contributed by atoms with Gasteiger partial charge in [-0.3, -0.25) is 9.59 Å². The van der Waals surface area contributed by atoms with E-state index < -0.39 is 11.4 Å². The summed E-state index contributed by atoms with van der Waals surface area (Å²) in [6.45, 7) is 0.271. The maximum atomic E-state index is 11.8. The summed E-state index contributed by atoms with van der Waals surface area (Å²) < 4.78 is 0. The van der Waals surface area contributed by atoms with E-state index in [2.05, 4.69) is 5.32 Å². The molecule has 2 atom stereocenters. The Morgan fingerprint density at radius 2 is 2.06 bits per heavy atom. The van der Waals surface area contributed by atoms with Gasteiger partial charge in [0.15, 0.2) is 0 Å². The fourth-order valence-electron chi connectivity index (χ4n) is 2.73. The number of carbonyl (C=O) groups is 2. The summed E-state index contributed by atoms with van der Waals surface area (Å²) in [5, 5.41) is 11.9. The minimum Gasteiger partial charge on any atom is -0.481 e. The molecule has 0 spiro atoms. The van der Waals surface area contributed by atoms with Crippen LogP contribution in [0.5, 0.6) is 0 Å². The van der Waals surface area contributed by atoms with Crippen molar-refractivity contribution in [3.63, 3.8) is 0 Å². The smallest absolute Gasteiger partial charge is 0.311 e. The van der Waals surface area contributed by atoms with Gasteiger partial charge in [-0.05, 0) is 32.1 Å². The summed E-state index contributed by atoms with van der Waals surface area (Å²) >= 11 is 0. The van der Waals surface area contributed by atoms with Crippen LogP contribution in [0.4, 0.5) is 0 Å². The van der Waals surface area contributed by atoms with Crippen LogP contribution in [0.25, 0.3) is 0 Å². The van der Waals surface area contributed by atoms with Gasteiger partial charge in [0.1, 0.15) is 0 Å². The van der Waals surface area contributed by atoms with Gasteiger partial charge in [0.05, 0.1) is 5.41 Å². The topological polar surface area (TPSA) is 92.4 Å². The van der Waals surface area contributed by atoms with Crippen molar-refractivity contribution >= 4 is 11.9 Å². The number of hydrogen-bond donors (Lipinski definition) is 3. The number of nitrogens with one attached hydrogen (secondary N) is 1. The summed E-state index contributed by atoms with van der Waals surface area (Å²) in [4.78, 5) is 23.0. The van der Waals surface area contributed by atoms with Gasteiger partial charge in [-0.25, -0.2) is 0 Å². The Kier molecular flexibility index (Phi) is 3.38. The Hall–Kier alpha value is -1.10. The molecular formula is C12H20N2O3. The third-order valence-electron chi connectivity index (χ3n) is 4.21. The van der Waals surface area contributed by atoms with Crippen molar-refractivity contribution < 1.29 is 14.7 Å². The first-order chi connectivity index (χ1) is 8.03. The zero-order chi connectivity index (χ0) is 12.5. The van der Waals surface area contributed by atoms with Crippen LogP contribution in [0.3, 0.4) is 0 Å². The number of amides is 1. The molecule has 5 heteroatoms. The van der Waals surface area contributed by atoms with Gasteiger partial charge in [0, 0.05) is 18.5 Å². The van der Waals surface area contributed by atoms with Crippen LogP contribution in [-0.2, 0) is 9.59 Å². The number of carbonyl (C=O) groups excluding carboxylic acids is 1. The third kappa shape index (κ3) is 2.44. The number of aliphatic carboxylic acids is 1. The van der Waals surface area contributed by atoms with Gasteiger partial charge in [-0.2, -0.15) is 0 Å². The van der Waals surface area contributed by atoms with Gasteiger partial charge in [-0.1, -0.05) is 6.42 Å². The Morgan fingerprint density at radius 1 is 1.35 bits per heavy atom. The molecule has 2 aliphatic carbocycles. The van der Waals surface area contributed by atoms with E-state index in [0.29, 0.717) is 12.8 Å². The second-order valence-electron chi connectivity index (χ2n) is 5.43. The molecule has 5 nitrogen and oxygen atoms in total. The molecule has 0 aromatic heterocycles. The maximum absolute atomic E-state index is 11.8. The molecule has 4 N–H and O–H groups in total. The molecule has 2 fully saturated rings. The molecular weight excluding hydrogens is 220 g/mol. The molecule has 0 aromatic rings. The van der Waals surface area contributed by atoms with E-state index >= 15 is 0 Å². The molecule has 17 heavy (non-hydrogen) atoms. The van der Waals surface area contributed by atoms with E-state index in [9.17, 15) is 9.59 Å². The highest BCUT2D eigenvalue weighted by molar-refractivity contribution is 5.81. The van der Waals surface area contributed by atoms with Crippen molar-refractivity contribution in [1.82, 2.24) is 5.32 Å². The summed E-state index contributed by atoms with van der Waals surface area (Å²) in [5.41, 5.74) is 5.06. The van der Waals surface area contributed by atoms with Gasteiger partial charge >= 0.3 is 5.97 Å².